The van der Waals surface area contributed by atoms with Crippen LogP contribution in [0.15, 0.2) is 0 Å². The van der Waals surface area contributed by atoms with E-state index in [0.29, 0.717) is 11.5 Å². The second kappa shape index (κ2) is 6.13. The van der Waals surface area contributed by atoms with Crippen LogP contribution in [0.5, 0.6) is 0 Å². The predicted octanol–water partition coefficient (Wildman–Crippen LogP) is 3.68. The van der Waals surface area contributed by atoms with E-state index < -0.39 is 0 Å². The van der Waals surface area contributed by atoms with Gasteiger partial charge in [0.1, 0.15) is 0 Å². The topological polar surface area (TPSA) is 23.5 Å². The molecule has 2 heteroatoms. The molecule has 0 heterocycles. The summed E-state index contributed by atoms with van der Waals surface area (Å²) in [5.41, 5.74) is 0.357. The molecule has 0 radical (unpaired) electrons. The van der Waals surface area contributed by atoms with Crippen molar-refractivity contribution >= 4 is 0 Å². The van der Waals surface area contributed by atoms with E-state index in [-0.39, 0.29) is 6.10 Å². The van der Waals surface area contributed by atoms with Crippen LogP contribution in [0.2, 0.25) is 0 Å². The van der Waals surface area contributed by atoms with Crippen LogP contribution in [0.1, 0.15) is 65.7 Å². The molecular formula is C17H33NO. The minimum absolute atomic E-state index is 0.0743. The summed E-state index contributed by atoms with van der Waals surface area (Å²) in [5.74, 6) is 1.71. The van der Waals surface area contributed by atoms with E-state index in [0.717, 1.165) is 24.7 Å². The van der Waals surface area contributed by atoms with Gasteiger partial charge >= 0.3 is 0 Å². The van der Waals surface area contributed by atoms with Gasteiger partial charge in [-0.2, -0.15) is 0 Å². The number of aliphatic hydroxyl groups is 1. The minimum Gasteiger partial charge on any atom is -0.393 e. The number of hydrogen-bond acceptors (Lipinski definition) is 2. The Morgan fingerprint density at radius 3 is 2.32 bits per heavy atom. The SMILES string of the molecule is CN(CCC1CCC1)C1CC(O)CCC1C(C)(C)C. The van der Waals surface area contributed by atoms with Crippen molar-refractivity contribution in [2.24, 2.45) is 17.3 Å². The molecule has 2 aliphatic carbocycles. The van der Waals surface area contributed by atoms with Crippen LogP contribution >= 0.6 is 0 Å². The highest BCUT2D eigenvalue weighted by Crippen LogP contribution is 2.40. The van der Waals surface area contributed by atoms with Gasteiger partial charge in [0.15, 0.2) is 0 Å². The third kappa shape index (κ3) is 3.95. The normalized spacial score (nSPS) is 33.5. The summed E-state index contributed by atoms with van der Waals surface area (Å²) in [6.45, 7) is 8.31. The van der Waals surface area contributed by atoms with Gasteiger partial charge in [-0.15, -0.1) is 0 Å². The first-order valence-electron chi connectivity index (χ1n) is 8.26. The fourth-order valence-electron chi connectivity index (χ4n) is 3.96. The molecule has 0 aromatic carbocycles. The first-order valence-corrected chi connectivity index (χ1v) is 8.26. The molecule has 0 aromatic rings. The van der Waals surface area contributed by atoms with Crippen molar-refractivity contribution in [3.63, 3.8) is 0 Å². The first-order chi connectivity index (χ1) is 8.88. The highest BCUT2D eigenvalue weighted by Gasteiger charge is 2.38. The molecule has 112 valence electrons. The van der Waals surface area contributed by atoms with Crippen molar-refractivity contribution in [1.29, 1.82) is 0 Å². The van der Waals surface area contributed by atoms with Crippen molar-refractivity contribution in [2.75, 3.05) is 13.6 Å². The van der Waals surface area contributed by atoms with Crippen LogP contribution in [0.4, 0.5) is 0 Å². The zero-order chi connectivity index (χ0) is 14.0. The van der Waals surface area contributed by atoms with E-state index in [2.05, 4.69) is 32.7 Å². The standard InChI is InChI=1S/C17H33NO/c1-17(2,3)15-9-8-14(19)12-16(15)18(4)11-10-13-6-5-7-13/h13-16,19H,5-12H2,1-4H3. The zero-order valence-electron chi connectivity index (χ0n) is 13.4. The van der Waals surface area contributed by atoms with Crippen molar-refractivity contribution in [1.82, 2.24) is 4.90 Å². The smallest absolute Gasteiger partial charge is 0.0555 e. The molecule has 0 spiro atoms. The van der Waals surface area contributed by atoms with Gasteiger partial charge in [0.05, 0.1) is 6.10 Å². The maximum absolute atomic E-state index is 10.0. The van der Waals surface area contributed by atoms with Gasteiger partial charge in [-0.1, -0.05) is 40.0 Å². The van der Waals surface area contributed by atoms with Crippen LogP contribution in [-0.4, -0.2) is 35.7 Å². The van der Waals surface area contributed by atoms with E-state index in [1.54, 1.807) is 0 Å². The summed E-state index contributed by atoms with van der Waals surface area (Å²) in [4.78, 5) is 2.55. The molecule has 19 heavy (non-hydrogen) atoms. The quantitative estimate of drug-likeness (QED) is 0.840. The average molecular weight is 267 g/mol. The van der Waals surface area contributed by atoms with Crippen LogP contribution in [0, 0.1) is 17.3 Å². The van der Waals surface area contributed by atoms with Gasteiger partial charge < -0.3 is 10.0 Å². The van der Waals surface area contributed by atoms with Crippen LogP contribution in [0.3, 0.4) is 0 Å². The molecule has 2 aliphatic rings. The van der Waals surface area contributed by atoms with Gasteiger partial charge in [-0.05, 0) is 56.5 Å². The highest BCUT2D eigenvalue weighted by atomic mass is 16.3. The summed E-state index contributed by atoms with van der Waals surface area (Å²) in [7, 11) is 2.28. The maximum atomic E-state index is 10.0. The lowest BCUT2D eigenvalue weighted by Gasteiger charge is -2.46. The average Bonchev–Trinajstić information content (AvgIpc) is 2.24. The van der Waals surface area contributed by atoms with Gasteiger partial charge in [-0.25, -0.2) is 0 Å². The summed E-state index contributed by atoms with van der Waals surface area (Å²) in [6.07, 6.45) is 8.78. The Hall–Kier alpha value is -0.0800. The Morgan fingerprint density at radius 1 is 1.11 bits per heavy atom. The predicted molar refractivity (Wildman–Crippen MR) is 81.2 cm³/mol. The second-order valence-corrected chi connectivity index (χ2v) is 8.07. The number of rotatable bonds is 4. The van der Waals surface area contributed by atoms with Gasteiger partial charge in [0.25, 0.3) is 0 Å². The fourth-order valence-corrected chi connectivity index (χ4v) is 3.96. The Morgan fingerprint density at radius 2 is 1.79 bits per heavy atom. The van der Waals surface area contributed by atoms with Gasteiger partial charge in [0, 0.05) is 6.04 Å². The molecule has 2 saturated carbocycles. The van der Waals surface area contributed by atoms with E-state index in [1.165, 1.54) is 38.6 Å². The molecule has 0 aliphatic heterocycles. The molecule has 2 nitrogen and oxygen atoms in total. The van der Waals surface area contributed by atoms with E-state index in [1.807, 2.05) is 0 Å². The summed E-state index contributed by atoms with van der Waals surface area (Å²) >= 11 is 0. The Kier molecular flexibility index (Phi) is 4.94. The number of aliphatic hydroxyl groups excluding tert-OH is 1. The molecule has 2 fully saturated rings. The lowest BCUT2D eigenvalue weighted by Crippen LogP contribution is -2.48. The molecule has 3 unspecified atom stereocenters. The zero-order valence-corrected chi connectivity index (χ0v) is 13.4. The van der Waals surface area contributed by atoms with Gasteiger partial charge in [-0.3, -0.25) is 0 Å². The number of nitrogens with zero attached hydrogens (tertiary/aromatic N) is 1. The molecule has 2 rings (SSSR count). The Labute approximate surface area is 119 Å². The third-order valence-electron chi connectivity index (χ3n) is 5.58. The molecule has 0 amide bonds. The number of hydrogen-bond donors (Lipinski definition) is 1. The molecule has 1 N–H and O–H groups in total. The summed E-state index contributed by atoms with van der Waals surface area (Å²) < 4.78 is 0. The Bertz CT molecular complexity index is 279. The monoisotopic (exact) mass is 267 g/mol. The lowest BCUT2D eigenvalue weighted by atomic mass is 9.68. The summed E-state index contributed by atoms with van der Waals surface area (Å²) in [6, 6.07) is 0.573. The highest BCUT2D eigenvalue weighted by molar-refractivity contribution is 4.91. The van der Waals surface area contributed by atoms with Crippen LogP contribution < -0.4 is 0 Å². The van der Waals surface area contributed by atoms with Gasteiger partial charge in [0.2, 0.25) is 0 Å². The molecule has 3 atom stereocenters. The van der Waals surface area contributed by atoms with Crippen molar-refractivity contribution in [3.8, 4) is 0 Å². The molecule has 0 bridgehead atoms. The van der Waals surface area contributed by atoms with Crippen molar-refractivity contribution < 1.29 is 5.11 Å². The minimum atomic E-state index is -0.0743. The third-order valence-corrected chi connectivity index (χ3v) is 5.58. The van der Waals surface area contributed by atoms with Crippen LogP contribution in [0.25, 0.3) is 0 Å². The van der Waals surface area contributed by atoms with E-state index >= 15 is 0 Å². The van der Waals surface area contributed by atoms with Crippen molar-refractivity contribution in [2.45, 2.75) is 77.9 Å². The molecule has 0 aromatic heterocycles. The first kappa shape index (κ1) is 15.3. The lowest BCUT2D eigenvalue weighted by molar-refractivity contribution is -0.00464. The van der Waals surface area contributed by atoms with E-state index in [9.17, 15) is 5.11 Å². The summed E-state index contributed by atoms with van der Waals surface area (Å²) in [5, 5.41) is 10.0. The molecule has 0 saturated heterocycles. The second-order valence-electron chi connectivity index (χ2n) is 8.07. The maximum Gasteiger partial charge on any atom is 0.0555 e. The van der Waals surface area contributed by atoms with Crippen LogP contribution in [-0.2, 0) is 0 Å². The fraction of sp³-hybridized carbons (Fsp3) is 1.00. The molecular weight excluding hydrogens is 234 g/mol. The van der Waals surface area contributed by atoms with E-state index in [4.69, 9.17) is 0 Å². The Balaban J connectivity index is 1.91. The van der Waals surface area contributed by atoms with Crippen molar-refractivity contribution in [3.05, 3.63) is 0 Å². The largest absolute Gasteiger partial charge is 0.393 e.